The average molecular weight is 290 g/mol. The smallest absolute Gasteiger partial charge is 0.0784 e. The summed E-state index contributed by atoms with van der Waals surface area (Å²) in [6.07, 6.45) is 0.425. The molecule has 1 rings (SSSR count). The molecule has 0 aliphatic carbocycles. The van der Waals surface area contributed by atoms with E-state index in [4.69, 9.17) is 23.2 Å². The molecule has 0 amide bonds. The Bertz CT molecular complexity index is 390. The third-order valence-corrected chi connectivity index (χ3v) is 3.33. The summed E-state index contributed by atoms with van der Waals surface area (Å²) in [6, 6.07) is 5.38. The normalized spacial score (nSPS) is 15.5. The van der Waals surface area contributed by atoms with Crippen molar-refractivity contribution in [3.63, 3.8) is 0 Å². The molecule has 0 aromatic heterocycles. The third kappa shape index (κ3) is 5.15. The molecule has 102 valence electrons. The van der Waals surface area contributed by atoms with Crippen LogP contribution < -0.4 is 5.32 Å². The van der Waals surface area contributed by atoms with Gasteiger partial charge in [0.05, 0.1) is 5.60 Å². The summed E-state index contributed by atoms with van der Waals surface area (Å²) >= 11 is 12.2. The Labute approximate surface area is 119 Å². The van der Waals surface area contributed by atoms with Crippen LogP contribution in [-0.2, 0) is 6.42 Å². The molecule has 0 saturated carbocycles. The molecular formula is C14H21Cl2NO. The van der Waals surface area contributed by atoms with Gasteiger partial charge in [-0.05, 0) is 45.4 Å². The minimum absolute atomic E-state index is 0.0335. The maximum absolute atomic E-state index is 10.4. The van der Waals surface area contributed by atoms with Gasteiger partial charge in [0, 0.05) is 28.5 Å². The number of hydrogen-bond donors (Lipinski definition) is 2. The zero-order valence-corrected chi connectivity index (χ0v) is 12.9. The summed E-state index contributed by atoms with van der Waals surface area (Å²) in [5, 5.41) is 14.9. The highest BCUT2D eigenvalue weighted by atomic mass is 35.5. The first-order valence-electron chi connectivity index (χ1n) is 6.01. The standard InChI is InChI=1S/C14H21Cl2NO/c1-13(2,3)17-9-14(4,18)8-10-11(15)6-5-7-12(10)16/h5-7,17-18H,8-9H2,1-4H3. The summed E-state index contributed by atoms with van der Waals surface area (Å²) in [5.74, 6) is 0. The van der Waals surface area contributed by atoms with Gasteiger partial charge in [-0.3, -0.25) is 0 Å². The number of β-amino-alcohol motifs (C(OH)–C–C–N with tert-alkyl or cyclic N) is 1. The Morgan fingerprint density at radius 3 is 2.06 bits per heavy atom. The molecule has 0 heterocycles. The van der Waals surface area contributed by atoms with Gasteiger partial charge in [-0.25, -0.2) is 0 Å². The minimum atomic E-state index is -0.887. The summed E-state index contributed by atoms with van der Waals surface area (Å²) in [4.78, 5) is 0. The molecule has 0 fully saturated rings. The fraction of sp³-hybridized carbons (Fsp3) is 0.571. The molecule has 1 aromatic carbocycles. The monoisotopic (exact) mass is 289 g/mol. The molecule has 0 aliphatic rings. The molecule has 2 N–H and O–H groups in total. The fourth-order valence-electron chi connectivity index (χ4n) is 1.60. The number of aliphatic hydroxyl groups is 1. The van der Waals surface area contributed by atoms with Gasteiger partial charge in [-0.1, -0.05) is 29.3 Å². The van der Waals surface area contributed by atoms with Crippen molar-refractivity contribution < 1.29 is 5.11 Å². The maximum atomic E-state index is 10.4. The number of nitrogens with one attached hydrogen (secondary N) is 1. The SMILES string of the molecule is CC(O)(CNC(C)(C)C)Cc1c(Cl)cccc1Cl. The Morgan fingerprint density at radius 2 is 1.61 bits per heavy atom. The van der Waals surface area contributed by atoms with E-state index in [1.807, 2.05) is 0 Å². The van der Waals surface area contributed by atoms with Crippen LogP contribution in [0.4, 0.5) is 0 Å². The Kier molecular flexibility index (Phi) is 5.07. The molecule has 0 radical (unpaired) electrons. The molecule has 2 nitrogen and oxygen atoms in total. The lowest BCUT2D eigenvalue weighted by Gasteiger charge is -2.30. The third-order valence-electron chi connectivity index (χ3n) is 2.62. The van der Waals surface area contributed by atoms with Crippen LogP contribution in [0.25, 0.3) is 0 Å². The Morgan fingerprint density at radius 1 is 1.11 bits per heavy atom. The quantitative estimate of drug-likeness (QED) is 0.886. The predicted octanol–water partition coefficient (Wildman–Crippen LogP) is 3.68. The summed E-state index contributed by atoms with van der Waals surface area (Å²) < 4.78 is 0. The van der Waals surface area contributed by atoms with Crippen molar-refractivity contribution in [2.45, 2.75) is 45.3 Å². The van der Waals surface area contributed by atoms with E-state index in [9.17, 15) is 5.11 Å². The van der Waals surface area contributed by atoms with Crippen LogP contribution in [-0.4, -0.2) is 22.8 Å². The van der Waals surface area contributed by atoms with E-state index in [0.717, 1.165) is 5.56 Å². The number of halogens is 2. The maximum Gasteiger partial charge on any atom is 0.0784 e. The van der Waals surface area contributed by atoms with E-state index in [1.165, 1.54) is 0 Å². The van der Waals surface area contributed by atoms with Crippen LogP contribution in [0.15, 0.2) is 18.2 Å². The van der Waals surface area contributed by atoms with Crippen LogP contribution in [0.3, 0.4) is 0 Å². The summed E-state index contributed by atoms with van der Waals surface area (Å²) in [5.41, 5.74) is -0.127. The van der Waals surface area contributed by atoms with Gasteiger partial charge in [0.1, 0.15) is 0 Å². The highest BCUT2D eigenvalue weighted by Gasteiger charge is 2.25. The lowest BCUT2D eigenvalue weighted by molar-refractivity contribution is 0.0535. The van der Waals surface area contributed by atoms with Crippen molar-refractivity contribution in [1.82, 2.24) is 5.32 Å². The van der Waals surface area contributed by atoms with E-state index in [-0.39, 0.29) is 5.54 Å². The zero-order chi connectivity index (χ0) is 14.0. The lowest BCUT2D eigenvalue weighted by atomic mass is 9.95. The van der Waals surface area contributed by atoms with Crippen molar-refractivity contribution in [3.05, 3.63) is 33.8 Å². The molecule has 0 saturated heterocycles. The van der Waals surface area contributed by atoms with Crippen LogP contribution >= 0.6 is 23.2 Å². The summed E-state index contributed by atoms with van der Waals surface area (Å²) in [6.45, 7) is 8.45. The first-order chi connectivity index (χ1) is 8.11. The molecule has 1 unspecified atom stereocenters. The van der Waals surface area contributed by atoms with Crippen LogP contribution in [0.1, 0.15) is 33.3 Å². The topological polar surface area (TPSA) is 32.3 Å². The summed E-state index contributed by atoms with van der Waals surface area (Å²) in [7, 11) is 0. The second-order valence-electron chi connectivity index (χ2n) is 5.98. The fourth-order valence-corrected chi connectivity index (χ4v) is 2.13. The van der Waals surface area contributed by atoms with Gasteiger partial charge >= 0.3 is 0 Å². The van der Waals surface area contributed by atoms with Crippen molar-refractivity contribution in [2.24, 2.45) is 0 Å². The van der Waals surface area contributed by atoms with Crippen LogP contribution in [0.2, 0.25) is 10.0 Å². The van der Waals surface area contributed by atoms with Gasteiger partial charge < -0.3 is 10.4 Å². The van der Waals surface area contributed by atoms with Gasteiger partial charge in [0.15, 0.2) is 0 Å². The highest BCUT2D eigenvalue weighted by Crippen LogP contribution is 2.28. The van der Waals surface area contributed by atoms with E-state index in [1.54, 1.807) is 25.1 Å². The first kappa shape index (κ1) is 15.8. The lowest BCUT2D eigenvalue weighted by Crippen LogP contribution is -2.47. The molecule has 4 heteroatoms. The van der Waals surface area contributed by atoms with Crippen molar-refractivity contribution in [1.29, 1.82) is 0 Å². The Hall–Kier alpha value is -0.280. The van der Waals surface area contributed by atoms with Crippen LogP contribution in [0, 0.1) is 0 Å². The van der Waals surface area contributed by atoms with Crippen LogP contribution in [0.5, 0.6) is 0 Å². The largest absolute Gasteiger partial charge is 0.389 e. The second kappa shape index (κ2) is 5.79. The molecule has 0 spiro atoms. The van der Waals surface area contributed by atoms with Gasteiger partial charge in [0.2, 0.25) is 0 Å². The molecular weight excluding hydrogens is 269 g/mol. The number of hydrogen-bond acceptors (Lipinski definition) is 2. The molecule has 0 bridgehead atoms. The number of rotatable bonds is 4. The highest BCUT2D eigenvalue weighted by molar-refractivity contribution is 6.36. The van der Waals surface area contributed by atoms with Gasteiger partial charge in [-0.2, -0.15) is 0 Å². The molecule has 1 atom stereocenters. The van der Waals surface area contributed by atoms with Crippen molar-refractivity contribution in [2.75, 3.05) is 6.54 Å². The Balaban J connectivity index is 2.76. The second-order valence-corrected chi connectivity index (χ2v) is 6.79. The number of benzene rings is 1. The van der Waals surface area contributed by atoms with Crippen molar-refractivity contribution >= 4 is 23.2 Å². The van der Waals surface area contributed by atoms with Gasteiger partial charge in [-0.15, -0.1) is 0 Å². The molecule has 18 heavy (non-hydrogen) atoms. The molecule has 0 aliphatic heterocycles. The predicted molar refractivity (Wildman–Crippen MR) is 78.5 cm³/mol. The van der Waals surface area contributed by atoms with E-state index >= 15 is 0 Å². The van der Waals surface area contributed by atoms with E-state index in [2.05, 4.69) is 26.1 Å². The van der Waals surface area contributed by atoms with Crippen molar-refractivity contribution in [3.8, 4) is 0 Å². The average Bonchev–Trinajstić information content (AvgIpc) is 2.20. The first-order valence-corrected chi connectivity index (χ1v) is 6.77. The van der Waals surface area contributed by atoms with Gasteiger partial charge in [0.25, 0.3) is 0 Å². The zero-order valence-electron chi connectivity index (χ0n) is 11.3. The minimum Gasteiger partial charge on any atom is -0.389 e. The van der Waals surface area contributed by atoms with E-state index < -0.39 is 5.60 Å². The molecule has 1 aromatic rings. The van der Waals surface area contributed by atoms with E-state index in [0.29, 0.717) is 23.0 Å².